The van der Waals surface area contributed by atoms with Crippen molar-refractivity contribution in [1.82, 2.24) is 4.72 Å². The first-order chi connectivity index (χ1) is 9.44. The largest absolute Gasteiger partial charge is 0.380 e. The van der Waals surface area contributed by atoms with E-state index in [1.807, 2.05) is 0 Å². The Balaban J connectivity index is 2.22. The lowest BCUT2D eigenvalue weighted by atomic mass is 9.93. The van der Waals surface area contributed by atoms with Crippen molar-refractivity contribution in [1.29, 1.82) is 0 Å². The van der Waals surface area contributed by atoms with Crippen LogP contribution in [0.25, 0.3) is 0 Å². The van der Waals surface area contributed by atoms with Crippen molar-refractivity contribution in [2.75, 3.05) is 7.11 Å². The van der Waals surface area contributed by atoms with E-state index >= 15 is 0 Å². The number of nitrogens with one attached hydrogen (secondary N) is 1. The number of ether oxygens (including phenoxy) is 1. The molecule has 0 amide bonds. The summed E-state index contributed by atoms with van der Waals surface area (Å²) in [6.45, 7) is 0. The van der Waals surface area contributed by atoms with E-state index in [0.717, 1.165) is 25.7 Å². The van der Waals surface area contributed by atoms with Gasteiger partial charge in [-0.25, -0.2) is 13.1 Å². The summed E-state index contributed by atoms with van der Waals surface area (Å²) >= 11 is 11.8. The number of hydrogen-bond donors (Lipinski definition) is 1. The maximum Gasteiger partial charge on any atom is 0.242 e. The molecule has 20 heavy (non-hydrogen) atoms. The Bertz CT molecular complexity index is 577. The van der Waals surface area contributed by atoms with Gasteiger partial charge in [-0.1, -0.05) is 36.0 Å². The standard InChI is InChI=1S/C13H17Cl2NO3S/c1-19-12-5-3-2-4-11(12)16-20(17,18)13-7-6-9(14)8-10(13)15/h6-8,11-12,16H,2-5H2,1H3/t11-,12+/m1/s1. The predicted molar refractivity (Wildman–Crippen MR) is 79.8 cm³/mol. The average Bonchev–Trinajstić information content (AvgIpc) is 2.38. The summed E-state index contributed by atoms with van der Waals surface area (Å²) in [6, 6.07) is 4.13. The SMILES string of the molecule is CO[C@H]1CCCC[C@H]1NS(=O)(=O)c1ccc(Cl)cc1Cl. The van der Waals surface area contributed by atoms with E-state index in [-0.39, 0.29) is 22.1 Å². The van der Waals surface area contributed by atoms with E-state index in [0.29, 0.717) is 5.02 Å². The Hall–Kier alpha value is -0.330. The molecule has 0 unspecified atom stereocenters. The van der Waals surface area contributed by atoms with Crippen LogP contribution in [0.3, 0.4) is 0 Å². The van der Waals surface area contributed by atoms with Gasteiger partial charge < -0.3 is 4.74 Å². The fourth-order valence-corrected chi connectivity index (χ4v) is 4.54. The Morgan fingerprint density at radius 1 is 1.25 bits per heavy atom. The Kier molecular flexibility index (Phi) is 5.31. The lowest BCUT2D eigenvalue weighted by Gasteiger charge is -2.30. The van der Waals surface area contributed by atoms with Crippen LogP contribution in [0.4, 0.5) is 0 Å². The minimum atomic E-state index is -3.67. The second kappa shape index (κ2) is 6.62. The monoisotopic (exact) mass is 337 g/mol. The Morgan fingerprint density at radius 3 is 2.60 bits per heavy atom. The molecule has 1 aliphatic carbocycles. The molecule has 112 valence electrons. The Morgan fingerprint density at radius 2 is 1.95 bits per heavy atom. The highest BCUT2D eigenvalue weighted by molar-refractivity contribution is 7.89. The van der Waals surface area contributed by atoms with Gasteiger partial charge in [-0.05, 0) is 31.0 Å². The lowest BCUT2D eigenvalue weighted by Crippen LogP contribution is -2.45. The minimum Gasteiger partial charge on any atom is -0.380 e. The highest BCUT2D eigenvalue weighted by Crippen LogP contribution is 2.27. The van der Waals surface area contributed by atoms with Gasteiger partial charge in [0, 0.05) is 18.2 Å². The number of halogens is 2. The lowest BCUT2D eigenvalue weighted by molar-refractivity contribution is 0.0493. The second-order valence-electron chi connectivity index (χ2n) is 4.86. The molecule has 1 aromatic carbocycles. The number of methoxy groups -OCH3 is 1. The van der Waals surface area contributed by atoms with Gasteiger partial charge in [0.05, 0.1) is 11.1 Å². The quantitative estimate of drug-likeness (QED) is 0.917. The van der Waals surface area contributed by atoms with Gasteiger partial charge in [-0.2, -0.15) is 0 Å². The summed E-state index contributed by atoms with van der Waals surface area (Å²) in [7, 11) is -2.07. The van der Waals surface area contributed by atoms with Crippen molar-refractivity contribution in [3.63, 3.8) is 0 Å². The topological polar surface area (TPSA) is 55.4 Å². The van der Waals surface area contributed by atoms with Crippen LogP contribution in [0.15, 0.2) is 23.1 Å². The van der Waals surface area contributed by atoms with Crippen molar-refractivity contribution < 1.29 is 13.2 Å². The molecule has 1 N–H and O–H groups in total. The highest BCUT2D eigenvalue weighted by atomic mass is 35.5. The van der Waals surface area contributed by atoms with E-state index in [4.69, 9.17) is 27.9 Å². The molecular formula is C13H17Cl2NO3S. The van der Waals surface area contributed by atoms with Crippen molar-refractivity contribution >= 4 is 33.2 Å². The van der Waals surface area contributed by atoms with Gasteiger partial charge in [-0.15, -0.1) is 0 Å². The van der Waals surface area contributed by atoms with Crippen molar-refractivity contribution in [2.24, 2.45) is 0 Å². The second-order valence-corrected chi connectivity index (χ2v) is 7.39. The Labute approximate surface area is 129 Å². The molecule has 0 heterocycles. The molecule has 1 saturated carbocycles. The molecule has 0 radical (unpaired) electrons. The van der Waals surface area contributed by atoms with Crippen LogP contribution in [0.1, 0.15) is 25.7 Å². The van der Waals surface area contributed by atoms with Crippen LogP contribution in [-0.4, -0.2) is 27.7 Å². The number of sulfonamides is 1. The molecule has 2 atom stereocenters. The number of rotatable bonds is 4. The fraction of sp³-hybridized carbons (Fsp3) is 0.538. The first-order valence-electron chi connectivity index (χ1n) is 6.44. The van der Waals surface area contributed by atoms with E-state index < -0.39 is 10.0 Å². The summed E-state index contributed by atoms with van der Waals surface area (Å²) in [5.74, 6) is 0. The van der Waals surface area contributed by atoms with Crippen molar-refractivity contribution in [3.8, 4) is 0 Å². The van der Waals surface area contributed by atoms with E-state index in [2.05, 4.69) is 4.72 Å². The van der Waals surface area contributed by atoms with Crippen LogP contribution in [-0.2, 0) is 14.8 Å². The fourth-order valence-electron chi connectivity index (χ4n) is 2.47. The first kappa shape index (κ1) is 16.0. The maximum absolute atomic E-state index is 12.4. The van der Waals surface area contributed by atoms with Gasteiger partial charge in [0.25, 0.3) is 0 Å². The van der Waals surface area contributed by atoms with E-state index in [9.17, 15) is 8.42 Å². The molecule has 4 nitrogen and oxygen atoms in total. The molecule has 1 aliphatic rings. The molecule has 1 fully saturated rings. The number of benzene rings is 1. The molecule has 1 aromatic rings. The van der Waals surface area contributed by atoms with Crippen molar-refractivity contribution in [3.05, 3.63) is 28.2 Å². The van der Waals surface area contributed by atoms with Gasteiger partial charge in [0.15, 0.2) is 0 Å². The predicted octanol–water partition coefficient (Wildman–Crippen LogP) is 3.23. The zero-order valence-corrected chi connectivity index (χ0v) is 13.4. The molecule has 0 aromatic heterocycles. The maximum atomic E-state index is 12.4. The van der Waals surface area contributed by atoms with Gasteiger partial charge in [0.1, 0.15) is 4.90 Å². The molecule has 0 bridgehead atoms. The van der Waals surface area contributed by atoms with Crippen LogP contribution >= 0.6 is 23.2 Å². The van der Waals surface area contributed by atoms with Gasteiger partial charge in [0.2, 0.25) is 10.0 Å². The minimum absolute atomic E-state index is 0.0454. The zero-order chi connectivity index (χ0) is 14.8. The highest BCUT2D eigenvalue weighted by Gasteiger charge is 2.30. The molecule has 7 heteroatoms. The molecule has 0 saturated heterocycles. The van der Waals surface area contributed by atoms with Gasteiger partial charge in [-0.3, -0.25) is 0 Å². The normalized spacial score (nSPS) is 23.8. The van der Waals surface area contributed by atoms with Gasteiger partial charge >= 0.3 is 0 Å². The smallest absolute Gasteiger partial charge is 0.242 e. The third-order valence-corrected chi connectivity index (χ3v) is 5.70. The molecule has 0 spiro atoms. The van der Waals surface area contributed by atoms with Crippen LogP contribution in [0.2, 0.25) is 10.0 Å². The third kappa shape index (κ3) is 3.65. The zero-order valence-electron chi connectivity index (χ0n) is 11.1. The van der Waals surface area contributed by atoms with Crippen LogP contribution in [0.5, 0.6) is 0 Å². The summed E-state index contributed by atoms with van der Waals surface area (Å²) in [5.41, 5.74) is 0. The first-order valence-corrected chi connectivity index (χ1v) is 8.68. The summed E-state index contributed by atoms with van der Waals surface area (Å²) in [4.78, 5) is 0.0454. The van der Waals surface area contributed by atoms with Crippen molar-refractivity contribution in [2.45, 2.75) is 42.7 Å². The molecular weight excluding hydrogens is 321 g/mol. The molecule has 0 aliphatic heterocycles. The van der Waals surface area contributed by atoms with E-state index in [1.165, 1.54) is 18.2 Å². The summed E-state index contributed by atoms with van der Waals surface area (Å²) in [5, 5.41) is 0.524. The van der Waals surface area contributed by atoms with E-state index in [1.54, 1.807) is 7.11 Å². The average molecular weight is 338 g/mol. The summed E-state index contributed by atoms with van der Waals surface area (Å²) < 4.78 is 32.8. The summed E-state index contributed by atoms with van der Waals surface area (Å²) in [6.07, 6.45) is 3.57. The third-order valence-electron chi connectivity index (χ3n) is 3.50. The van der Waals surface area contributed by atoms with Crippen LogP contribution < -0.4 is 4.72 Å². The molecule has 2 rings (SSSR count). The number of hydrogen-bond acceptors (Lipinski definition) is 3. The van der Waals surface area contributed by atoms with Crippen LogP contribution in [0, 0.1) is 0 Å².